The summed E-state index contributed by atoms with van der Waals surface area (Å²) in [6.45, 7) is -0.564. The fraction of sp³-hybridized carbons (Fsp3) is 0.308. The Labute approximate surface area is 197 Å². The molecule has 0 aromatic heterocycles. The van der Waals surface area contributed by atoms with E-state index in [9.17, 15) is 20.4 Å². The molecule has 0 radical (unpaired) electrons. The smallest absolute Gasteiger partial charge is 0.229 e. The Bertz CT molecular complexity index is 1090. The molecule has 3 aromatic carbocycles. The molecule has 180 valence electrons. The molecule has 1 aliphatic rings. The number of benzene rings is 3. The van der Waals surface area contributed by atoms with Crippen LogP contribution in [0.4, 0.5) is 0 Å². The van der Waals surface area contributed by atoms with E-state index in [0.29, 0.717) is 22.6 Å². The van der Waals surface area contributed by atoms with E-state index < -0.39 is 37.3 Å². The fourth-order valence-corrected chi connectivity index (χ4v) is 4.08. The van der Waals surface area contributed by atoms with Gasteiger partial charge in [-0.25, -0.2) is 0 Å². The summed E-state index contributed by atoms with van der Waals surface area (Å²) < 4.78 is 23.3. The van der Waals surface area contributed by atoms with Crippen molar-refractivity contribution in [3.05, 3.63) is 66.7 Å². The average molecular weight is 469 g/mol. The fourth-order valence-electron chi connectivity index (χ4n) is 4.08. The van der Waals surface area contributed by atoms with Gasteiger partial charge in [-0.2, -0.15) is 0 Å². The van der Waals surface area contributed by atoms with Gasteiger partial charge in [0.25, 0.3) is 0 Å². The summed E-state index contributed by atoms with van der Waals surface area (Å²) in [5.74, 6) is 1.13. The van der Waals surface area contributed by atoms with Gasteiger partial charge in [0.2, 0.25) is 6.29 Å². The molecule has 0 amide bonds. The van der Waals surface area contributed by atoms with Gasteiger partial charge in [0, 0.05) is 5.56 Å². The normalized spacial score (nSPS) is 24.5. The quantitative estimate of drug-likeness (QED) is 0.417. The molecule has 8 heteroatoms. The van der Waals surface area contributed by atoms with Crippen LogP contribution in [0.25, 0.3) is 22.3 Å². The van der Waals surface area contributed by atoms with Crippen molar-refractivity contribution in [3.8, 4) is 39.5 Å². The van der Waals surface area contributed by atoms with Crippen molar-refractivity contribution in [1.29, 1.82) is 0 Å². The second-order valence-electron chi connectivity index (χ2n) is 7.91. The maximum absolute atomic E-state index is 10.6. The molecule has 0 aliphatic carbocycles. The first kappa shape index (κ1) is 24.0. The van der Waals surface area contributed by atoms with E-state index in [-0.39, 0.29) is 5.75 Å². The van der Waals surface area contributed by atoms with Gasteiger partial charge in [-0.15, -0.1) is 0 Å². The number of rotatable bonds is 7. The molecule has 0 bridgehead atoms. The number of ether oxygens (including phenoxy) is 4. The van der Waals surface area contributed by atoms with Gasteiger partial charge < -0.3 is 39.4 Å². The van der Waals surface area contributed by atoms with Crippen LogP contribution in [0.3, 0.4) is 0 Å². The highest BCUT2D eigenvalue weighted by Gasteiger charge is 2.45. The average Bonchev–Trinajstić information content (AvgIpc) is 2.89. The molecule has 5 atom stereocenters. The van der Waals surface area contributed by atoms with Crippen LogP contribution in [0, 0.1) is 0 Å². The Hall–Kier alpha value is -3.14. The third-order valence-electron chi connectivity index (χ3n) is 5.85. The zero-order valence-electron chi connectivity index (χ0n) is 18.9. The van der Waals surface area contributed by atoms with E-state index >= 15 is 0 Å². The highest BCUT2D eigenvalue weighted by molar-refractivity contribution is 5.87. The van der Waals surface area contributed by atoms with Crippen molar-refractivity contribution in [2.24, 2.45) is 0 Å². The molecule has 34 heavy (non-hydrogen) atoms. The van der Waals surface area contributed by atoms with Crippen LogP contribution in [0.1, 0.15) is 0 Å². The molecular formula is C26H28O8. The molecule has 8 nitrogen and oxygen atoms in total. The summed E-state index contributed by atoms with van der Waals surface area (Å²) in [5, 5.41) is 40.6. The van der Waals surface area contributed by atoms with E-state index in [1.807, 2.05) is 60.7 Å². The van der Waals surface area contributed by atoms with Gasteiger partial charge in [0.05, 0.1) is 26.4 Å². The van der Waals surface area contributed by atoms with Crippen molar-refractivity contribution < 1.29 is 39.4 Å². The van der Waals surface area contributed by atoms with Gasteiger partial charge in [0.1, 0.15) is 30.2 Å². The van der Waals surface area contributed by atoms with Crippen LogP contribution in [0.15, 0.2) is 66.7 Å². The molecule has 5 unspecified atom stereocenters. The van der Waals surface area contributed by atoms with Gasteiger partial charge >= 0.3 is 0 Å². The van der Waals surface area contributed by atoms with Crippen LogP contribution in [-0.2, 0) is 4.74 Å². The minimum absolute atomic E-state index is 0.248. The summed E-state index contributed by atoms with van der Waals surface area (Å²) in [5.41, 5.74) is 2.84. The second-order valence-corrected chi connectivity index (χ2v) is 7.91. The molecule has 4 N–H and O–H groups in total. The molecule has 1 fully saturated rings. The summed E-state index contributed by atoms with van der Waals surface area (Å²) >= 11 is 0. The minimum atomic E-state index is -1.58. The van der Waals surface area contributed by atoms with Crippen molar-refractivity contribution >= 4 is 0 Å². The first-order valence-electron chi connectivity index (χ1n) is 10.9. The van der Waals surface area contributed by atoms with Crippen molar-refractivity contribution in [2.75, 3.05) is 20.8 Å². The zero-order valence-corrected chi connectivity index (χ0v) is 18.9. The molecule has 3 aromatic rings. The molecule has 0 saturated carbocycles. The number of methoxy groups -OCH3 is 2. The van der Waals surface area contributed by atoms with Crippen LogP contribution >= 0.6 is 0 Å². The maximum atomic E-state index is 10.6. The van der Waals surface area contributed by atoms with E-state index in [1.54, 1.807) is 13.2 Å². The third kappa shape index (κ3) is 4.46. The largest absolute Gasteiger partial charge is 0.496 e. The van der Waals surface area contributed by atoms with Gasteiger partial charge in [-0.05, 0) is 17.2 Å². The highest BCUT2D eigenvalue weighted by atomic mass is 16.7. The monoisotopic (exact) mass is 468 g/mol. The van der Waals surface area contributed by atoms with Gasteiger partial charge in [-0.3, -0.25) is 0 Å². The van der Waals surface area contributed by atoms with Crippen molar-refractivity contribution in [2.45, 2.75) is 30.7 Å². The molecule has 1 heterocycles. The Morgan fingerprint density at radius 2 is 1.38 bits per heavy atom. The summed E-state index contributed by atoms with van der Waals surface area (Å²) in [6.07, 6.45) is -7.14. The van der Waals surface area contributed by atoms with Crippen molar-refractivity contribution in [3.63, 3.8) is 0 Å². The lowest BCUT2D eigenvalue weighted by Gasteiger charge is -2.40. The lowest BCUT2D eigenvalue weighted by Crippen LogP contribution is -2.60. The van der Waals surface area contributed by atoms with Crippen LogP contribution in [-0.4, -0.2) is 72.0 Å². The first-order chi connectivity index (χ1) is 16.5. The number of hydrogen-bond acceptors (Lipinski definition) is 8. The summed E-state index contributed by atoms with van der Waals surface area (Å²) in [7, 11) is 3.06. The molecule has 0 spiro atoms. The minimum Gasteiger partial charge on any atom is -0.496 e. The van der Waals surface area contributed by atoms with Gasteiger partial charge in [0.15, 0.2) is 11.5 Å². The Morgan fingerprint density at radius 1 is 0.765 bits per heavy atom. The Morgan fingerprint density at radius 3 is 1.94 bits per heavy atom. The molecule has 1 aliphatic heterocycles. The van der Waals surface area contributed by atoms with E-state index in [4.69, 9.17) is 18.9 Å². The second kappa shape index (κ2) is 10.4. The van der Waals surface area contributed by atoms with E-state index in [2.05, 4.69) is 0 Å². The van der Waals surface area contributed by atoms with Crippen molar-refractivity contribution in [1.82, 2.24) is 0 Å². The Balaban J connectivity index is 1.90. The maximum Gasteiger partial charge on any atom is 0.229 e. The zero-order chi connectivity index (χ0) is 24.2. The molecule has 4 rings (SSSR count). The van der Waals surface area contributed by atoms with Gasteiger partial charge in [-0.1, -0.05) is 60.7 Å². The number of hydrogen-bond donors (Lipinski definition) is 4. The predicted octanol–water partition coefficient (Wildman–Crippen LogP) is 2.22. The van der Waals surface area contributed by atoms with Crippen LogP contribution in [0.5, 0.6) is 17.2 Å². The topological polar surface area (TPSA) is 118 Å². The Kier molecular flexibility index (Phi) is 7.35. The highest BCUT2D eigenvalue weighted by Crippen LogP contribution is 2.50. The number of aliphatic hydroxyl groups is 4. The SMILES string of the molecule is COc1cc(-c2ccccc2)c(OC2OC(CO)C(O)C(O)C2O)c(OC)c1-c1ccccc1. The predicted molar refractivity (Wildman–Crippen MR) is 125 cm³/mol. The standard InChI is InChI=1S/C26H28O8/c1-31-18-13-17(15-9-5-3-6-10-15)24(25(32-2)20(18)16-11-7-4-8-12-16)34-26-23(30)22(29)21(28)19(14-27)33-26/h3-13,19,21-23,26-30H,14H2,1-2H3. The van der Waals surface area contributed by atoms with Crippen LogP contribution < -0.4 is 14.2 Å². The van der Waals surface area contributed by atoms with E-state index in [0.717, 1.165) is 11.1 Å². The molecule has 1 saturated heterocycles. The summed E-state index contributed by atoms with van der Waals surface area (Å²) in [4.78, 5) is 0. The first-order valence-corrected chi connectivity index (χ1v) is 10.9. The molecular weight excluding hydrogens is 440 g/mol. The summed E-state index contributed by atoms with van der Waals surface area (Å²) in [6, 6.07) is 20.7. The lowest BCUT2D eigenvalue weighted by atomic mass is 9.96. The third-order valence-corrected chi connectivity index (χ3v) is 5.85. The number of aliphatic hydroxyl groups excluding tert-OH is 4. The lowest BCUT2D eigenvalue weighted by molar-refractivity contribution is -0.277. The van der Waals surface area contributed by atoms with E-state index in [1.165, 1.54) is 7.11 Å². The van der Waals surface area contributed by atoms with Crippen LogP contribution in [0.2, 0.25) is 0 Å².